The van der Waals surface area contributed by atoms with E-state index in [9.17, 15) is 9.59 Å². The molecule has 9 heteroatoms. The largest absolute Gasteiger partial charge is 0.497 e. The van der Waals surface area contributed by atoms with Gasteiger partial charge in [0.15, 0.2) is 0 Å². The van der Waals surface area contributed by atoms with Gasteiger partial charge in [-0.25, -0.2) is 4.79 Å². The van der Waals surface area contributed by atoms with E-state index in [1.165, 1.54) is 0 Å². The molecule has 0 saturated heterocycles. The molecule has 3 rings (SSSR count). The fraction of sp³-hybridized carbons (Fsp3) is 0.158. The Morgan fingerprint density at radius 1 is 1.00 bits per heavy atom. The van der Waals surface area contributed by atoms with Crippen molar-refractivity contribution in [3.63, 3.8) is 0 Å². The van der Waals surface area contributed by atoms with E-state index < -0.39 is 6.03 Å². The standard InChI is InChI=1S/C19H19N5O3S/c1-12-6-8-13(9-7-12)20-16(25)11-17-23-24-19(28-17)22-18(26)21-14-4-3-5-15(10-14)27-2/h3-10H,11H2,1-2H3,(H,20,25)(H2,21,22,24,26). The van der Waals surface area contributed by atoms with Gasteiger partial charge in [-0.15, -0.1) is 10.2 Å². The summed E-state index contributed by atoms with van der Waals surface area (Å²) in [7, 11) is 1.55. The minimum atomic E-state index is -0.458. The first-order valence-corrected chi connectivity index (χ1v) is 9.24. The maximum atomic E-state index is 12.1. The monoisotopic (exact) mass is 397 g/mol. The number of nitrogens with one attached hydrogen (secondary N) is 3. The Hall–Kier alpha value is -3.46. The molecule has 3 N–H and O–H groups in total. The molecule has 1 heterocycles. The molecule has 0 bridgehead atoms. The normalized spacial score (nSPS) is 10.2. The van der Waals surface area contributed by atoms with E-state index in [2.05, 4.69) is 26.1 Å². The molecule has 0 spiro atoms. The van der Waals surface area contributed by atoms with Crippen LogP contribution in [0.2, 0.25) is 0 Å². The lowest BCUT2D eigenvalue weighted by molar-refractivity contribution is -0.115. The summed E-state index contributed by atoms with van der Waals surface area (Å²) in [5.74, 6) is 0.433. The van der Waals surface area contributed by atoms with Crippen molar-refractivity contribution in [3.05, 3.63) is 59.1 Å². The fourth-order valence-corrected chi connectivity index (χ4v) is 3.05. The van der Waals surface area contributed by atoms with Gasteiger partial charge in [0.2, 0.25) is 11.0 Å². The average molecular weight is 397 g/mol. The number of benzene rings is 2. The number of aromatic nitrogens is 2. The SMILES string of the molecule is COc1cccc(NC(=O)Nc2nnc(CC(=O)Nc3ccc(C)cc3)s2)c1. The number of aryl methyl sites for hydroxylation is 1. The van der Waals surface area contributed by atoms with Gasteiger partial charge < -0.3 is 15.4 Å². The van der Waals surface area contributed by atoms with E-state index in [-0.39, 0.29) is 12.3 Å². The molecule has 8 nitrogen and oxygen atoms in total. The van der Waals surface area contributed by atoms with Crippen LogP contribution in [0.3, 0.4) is 0 Å². The zero-order chi connectivity index (χ0) is 19.9. The molecule has 2 aromatic carbocycles. The predicted molar refractivity (Wildman–Crippen MR) is 109 cm³/mol. The van der Waals surface area contributed by atoms with Crippen molar-refractivity contribution in [2.24, 2.45) is 0 Å². The summed E-state index contributed by atoms with van der Waals surface area (Å²) in [6, 6.07) is 14.0. The Labute approximate surface area is 166 Å². The number of anilines is 3. The predicted octanol–water partition coefficient (Wildman–Crippen LogP) is 3.68. The van der Waals surface area contributed by atoms with Crippen LogP contribution >= 0.6 is 11.3 Å². The quantitative estimate of drug-likeness (QED) is 0.588. The molecule has 0 unspecified atom stereocenters. The van der Waals surface area contributed by atoms with Crippen molar-refractivity contribution < 1.29 is 14.3 Å². The molecule has 0 atom stereocenters. The van der Waals surface area contributed by atoms with E-state index in [0.29, 0.717) is 21.6 Å². The zero-order valence-corrected chi connectivity index (χ0v) is 16.2. The lowest BCUT2D eigenvalue weighted by Gasteiger charge is -2.06. The maximum absolute atomic E-state index is 12.1. The molecular weight excluding hydrogens is 378 g/mol. The fourth-order valence-electron chi connectivity index (χ4n) is 2.32. The van der Waals surface area contributed by atoms with Crippen LogP contribution in [0.4, 0.5) is 21.3 Å². The van der Waals surface area contributed by atoms with E-state index in [1.54, 1.807) is 31.4 Å². The summed E-state index contributed by atoms with van der Waals surface area (Å²) in [5, 5.41) is 16.7. The Morgan fingerprint density at radius 3 is 2.54 bits per heavy atom. The molecule has 0 aliphatic rings. The number of amides is 3. The Balaban J connectivity index is 1.52. The molecule has 3 aromatic rings. The topological polar surface area (TPSA) is 105 Å². The molecule has 144 valence electrons. The first kappa shape index (κ1) is 19.3. The number of urea groups is 1. The highest BCUT2D eigenvalue weighted by molar-refractivity contribution is 7.15. The Bertz CT molecular complexity index is 972. The highest BCUT2D eigenvalue weighted by atomic mass is 32.1. The summed E-state index contributed by atoms with van der Waals surface area (Å²) in [6.07, 6.45) is 0.0741. The van der Waals surface area contributed by atoms with E-state index in [1.807, 2.05) is 31.2 Å². The zero-order valence-electron chi connectivity index (χ0n) is 15.4. The van der Waals surface area contributed by atoms with Crippen LogP contribution in [-0.2, 0) is 11.2 Å². The van der Waals surface area contributed by atoms with Gasteiger partial charge in [-0.1, -0.05) is 35.1 Å². The first-order valence-electron chi connectivity index (χ1n) is 8.43. The van der Waals surface area contributed by atoms with Crippen molar-refractivity contribution in [2.75, 3.05) is 23.1 Å². The molecule has 0 fully saturated rings. The minimum Gasteiger partial charge on any atom is -0.497 e. The summed E-state index contributed by atoms with van der Waals surface area (Å²) < 4.78 is 5.11. The molecule has 28 heavy (non-hydrogen) atoms. The van der Waals surface area contributed by atoms with E-state index >= 15 is 0 Å². The van der Waals surface area contributed by atoms with Gasteiger partial charge in [0.1, 0.15) is 10.8 Å². The van der Waals surface area contributed by atoms with Crippen molar-refractivity contribution in [2.45, 2.75) is 13.3 Å². The highest BCUT2D eigenvalue weighted by Gasteiger charge is 2.12. The van der Waals surface area contributed by atoms with Crippen molar-refractivity contribution in [1.82, 2.24) is 10.2 Å². The van der Waals surface area contributed by atoms with Crippen LogP contribution in [-0.4, -0.2) is 29.2 Å². The van der Waals surface area contributed by atoms with Gasteiger partial charge in [0.05, 0.1) is 13.5 Å². The third-order valence-electron chi connectivity index (χ3n) is 3.66. The van der Waals surface area contributed by atoms with Crippen LogP contribution in [0.5, 0.6) is 5.75 Å². The maximum Gasteiger partial charge on any atom is 0.325 e. The van der Waals surface area contributed by atoms with Crippen LogP contribution in [0.1, 0.15) is 10.6 Å². The van der Waals surface area contributed by atoms with Gasteiger partial charge in [0.25, 0.3) is 0 Å². The average Bonchev–Trinajstić information content (AvgIpc) is 3.10. The molecular formula is C19H19N5O3S. The van der Waals surface area contributed by atoms with E-state index in [0.717, 1.165) is 22.6 Å². The van der Waals surface area contributed by atoms with Gasteiger partial charge >= 0.3 is 6.03 Å². The number of methoxy groups -OCH3 is 1. The number of rotatable bonds is 6. The summed E-state index contributed by atoms with van der Waals surface area (Å²) in [4.78, 5) is 24.2. The summed E-state index contributed by atoms with van der Waals surface area (Å²) in [6.45, 7) is 1.98. The van der Waals surface area contributed by atoms with Crippen molar-refractivity contribution in [3.8, 4) is 5.75 Å². The van der Waals surface area contributed by atoms with E-state index in [4.69, 9.17) is 4.74 Å². The van der Waals surface area contributed by atoms with Gasteiger partial charge in [-0.05, 0) is 31.2 Å². The minimum absolute atomic E-state index is 0.0741. The molecule has 3 amide bonds. The lowest BCUT2D eigenvalue weighted by atomic mass is 10.2. The van der Waals surface area contributed by atoms with Gasteiger partial charge in [0, 0.05) is 17.4 Å². The molecule has 0 saturated carbocycles. The lowest BCUT2D eigenvalue weighted by Crippen LogP contribution is -2.19. The van der Waals surface area contributed by atoms with Crippen LogP contribution in [0, 0.1) is 6.92 Å². The Kier molecular flexibility index (Phi) is 6.18. The molecule has 1 aromatic heterocycles. The number of hydrogen-bond acceptors (Lipinski definition) is 6. The molecule has 0 aliphatic heterocycles. The first-order chi connectivity index (χ1) is 13.5. The van der Waals surface area contributed by atoms with Crippen LogP contribution < -0.4 is 20.7 Å². The second kappa shape index (κ2) is 8.96. The molecule has 0 aliphatic carbocycles. The van der Waals surface area contributed by atoms with Crippen molar-refractivity contribution >= 4 is 39.8 Å². The third kappa shape index (κ3) is 5.52. The number of ether oxygens (including phenoxy) is 1. The number of hydrogen-bond donors (Lipinski definition) is 3. The number of carbonyl (C=O) groups excluding carboxylic acids is 2. The Morgan fingerprint density at radius 2 is 1.79 bits per heavy atom. The highest BCUT2D eigenvalue weighted by Crippen LogP contribution is 2.19. The molecule has 0 radical (unpaired) electrons. The number of carbonyl (C=O) groups is 2. The summed E-state index contributed by atoms with van der Waals surface area (Å²) >= 11 is 1.14. The number of nitrogens with zero attached hydrogens (tertiary/aromatic N) is 2. The second-order valence-corrected chi connectivity index (χ2v) is 6.97. The smallest absolute Gasteiger partial charge is 0.325 e. The van der Waals surface area contributed by atoms with Crippen molar-refractivity contribution in [1.29, 1.82) is 0 Å². The van der Waals surface area contributed by atoms with Crippen LogP contribution in [0.15, 0.2) is 48.5 Å². The second-order valence-electron chi connectivity index (χ2n) is 5.90. The third-order valence-corrected chi connectivity index (χ3v) is 4.50. The van der Waals surface area contributed by atoms with Gasteiger partial charge in [-0.2, -0.15) is 0 Å². The van der Waals surface area contributed by atoms with Crippen LogP contribution in [0.25, 0.3) is 0 Å². The summed E-state index contributed by atoms with van der Waals surface area (Å²) in [5.41, 5.74) is 2.42. The van der Waals surface area contributed by atoms with Gasteiger partial charge in [-0.3, -0.25) is 10.1 Å².